The summed E-state index contributed by atoms with van der Waals surface area (Å²) in [7, 11) is 0. The molecule has 126 valence electrons. The van der Waals surface area contributed by atoms with E-state index in [1.807, 2.05) is 0 Å². The summed E-state index contributed by atoms with van der Waals surface area (Å²) in [6.07, 6.45) is 9.22. The molecule has 1 fully saturated rings. The molecule has 0 heterocycles. The molecule has 0 unspecified atom stereocenters. The molecule has 1 saturated carbocycles. The van der Waals surface area contributed by atoms with Crippen molar-refractivity contribution < 1.29 is 25.2 Å². The molecule has 0 saturated heterocycles. The number of carbonyl (C=O) groups is 1. The molecular weight excluding hydrogens is 284 g/mol. The lowest BCUT2D eigenvalue weighted by Gasteiger charge is -2.24. The fourth-order valence-electron chi connectivity index (χ4n) is 3.42. The summed E-state index contributed by atoms with van der Waals surface area (Å²) in [5.41, 5.74) is 0. The number of unbranched alkanes of at least 4 members (excludes halogenated alkanes) is 3. The quantitative estimate of drug-likeness (QED) is 0.362. The van der Waals surface area contributed by atoms with E-state index in [9.17, 15) is 20.1 Å². The van der Waals surface area contributed by atoms with Gasteiger partial charge in [-0.3, -0.25) is 4.79 Å². The highest BCUT2D eigenvalue weighted by Crippen LogP contribution is 2.39. The monoisotopic (exact) mass is 312 g/mol. The first-order chi connectivity index (χ1) is 10.5. The predicted octanol–water partition coefficient (Wildman–Crippen LogP) is 1.54. The number of hydrogen-bond acceptors (Lipinski definition) is 4. The van der Waals surface area contributed by atoms with Crippen LogP contribution in [-0.2, 0) is 4.79 Å². The van der Waals surface area contributed by atoms with Gasteiger partial charge < -0.3 is 20.4 Å². The Bertz CT molecular complexity index is 376. The fraction of sp³-hybridized carbons (Fsp3) is 0.824. The summed E-state index contributed by atoms with van der Waals surface area (Å²) >= 11 is 0. The van der Waals surface area contributed by atoms with Crippen molar-refractivity contribution in [2.75, 3.05) is 0 Å². The van der Waals surface area contributed by atoms with Crippen LogP contribution in [0.1, 0.15) is 57.8 Å². The average Bonchev–Trinajstić information content (AvgIpc) is 2.73. The molecule has 1 aliphatic carbocycles. The molecule has 0 amide bonds. The minimum atomic E-state index is -0.790. The number of hydrogen-bond donors (Lipinski definition) is 4. The fourth-order valence-corrected chi connectivity index (χ4v) is 3.42. The first kappa shape index (κ1) is 19.0. The SMILES string of the molecule is C#C[C@H](O)CC[C@@H]1[C@@H](CCCCCCC(=O)O)[C@@H](O)C[C@H]1O. The van der Waals surface area contributed by atoms with Gasteiger partial charge >= 0.3 is 5.97 Å². The number of terminal acetylenes is 1. The van der Waals surface area contributed by atoms with Gasteiger partial charge in [-0.15, -0.1) is 6.42 Å². The zero-order valence-electron chi connectivity index (χ0n) is 13.0. The van der Waals surface area contributed by atoms with Crippen molar-refractivity contribution in [3.63, 3.8) is 0 Å². The molecule has 0 aromatic heterocycles. The van der Waals surface area contributed by atoms with Gasteiger partial charge in [0.25, 0.3) is 0 Å². The molecule has 22 heavy (non-hydrogen) atoms. The summed E-state index contributed by atoms with van der Waals surface area (Å²) in [5.74, 6) is 1.53. The van der Waals surface area contributed by atoms with Crippen molar-refractivity contribution in [3.8, 4) is 12.3 Å². The van der Waals surface area contributed by atoms with Crippen LogP contribution < -0.4 is 0 Å². The number of aliphatic hydroxyl groups is 3. The van der Waals surface area contributed by atoms with E-state index in [0.29, 0.717) is 25.7 Å². The molecule has 0 aromatic rings. The molecule has 5 nitrogen and oxygen atoms in total. The molecule has 4 N–H and O–H groups in total. The van der Waals surface area contributed by atoms with E-state index in [4.69, 9.17) is 11.5 Å². The Labute approximate surface area is 132 Å². The predicted molar refractivity (Wildman–Crippen MR) is 83.0 cm³/mol. The second-order valence-electron chi connectivity index (χ2n) is 6.30. The van der Waals surface area contributed by atoms with Crippen LogP contribution in [0.3, 0.4) is 0 Å². The van der Waals surface area contributed by atoms with E-state index in [0.717, 1.165) is 25.7 Å². The van der Waals surface area contributed by atoms with Crippen LogP contribution in [0.15, 0.2) is 0 Å². The number of rotatable bonds is 10. The average molecular weight is 312 g/mol. The van der Waals surface area contributed by atoms with Gasteiger partial charge in [-0.2, -0.15) is 0 Å². The van der Waals surface area contributed by atoms with Gasteiger partial charge in [0.2, 0.25) is 0 Å². The van der Waals surface area contributed by atoms with E-state index in [1.54, 1.807) is 0 Å². The van der Waals surface area contributed by atoms with Crippen molar-refractivity contribution in [2.45, 2.75) is 76.1 Å². The molecule has 0 aliphatic heterocycles. The van der Waals surface area contributed by atoms with E-state index in [2.05, 4.69) is 5.92 Å². The van der Waals surface area contributed by atoms with Gasteiger partial charge in [0.05, 0.1) is 12.2 Å². The maximum absolute atomic E-state index is 10.4. The lowest BCUT2D eigenvalue weighted by molar-refractivity contribution is -0.137. The first-order valence-electron chi connectivity index (χ1n) is 8.17. The molecule has 0 aromatic carbocycles. The van der Waals surface area contributed by atoms with Gasteiger partial charge in [0.1, 0.15) is 6.10 Å². The van der Waals surface area contributed by atoms with Gasteiger partial charge in [0.15, 0.2) is 0 Å². The zero-order valence-corrected chi connectivity index (χ0v) is 13.0. The highest BCUT2D eigenvalue weighted by atomic mass is 16.4. The Balaban J connectivity index is 2.31. The van der Waals surface area contributed by atoms with Crippen LogP contribution in [0.5, 0.6) is 0 Å². The standard InChI is InChI=1S/C17H28O5/c1-2-12(18)9-10-14-13(15(19)11-16(14)20)7-5-3-4-6-8-17(21)22/h1,12-16,18-20H,3-11H2,(H,21,22)/t12-,13+,14+,15-,16+/m0/s1. The Morgan fingerprint density at radius 1 is 1.09 bits per heavy atom. The van der Waals surface area contributed by atoms with Gasteiger partial charge in [-0.1, -0.05) is 25.2 Å². The Kier molecular flexibility index (Phi) is 8.47. The molecular formula is C17H28O5. The maximum Gasteiger partial charge on any atom is 0.303 e. The van der Waals surface area contributed by atoms with Crippen molar-refractivity contribution in [1.82, 2.24) is 0 Å². The van der Waals surface area contributed by atoms with Crippen molar-refractivity contribution in [1.29, 1.82) is 0 Å². The normalized spacial score (nSPS) is 29.2. The Hall–Kier alpha value is -1.09. The van der Waals surface area contributed by atoms with Crippen molar-refractivity contribution in [3.05, 3.63) is 0 Å². The van der Waals surface area contributed by atoms with Crippen LogP contribution in [0, 0.1) is 24.2 Å². The number of carboxylic acid groups (broad SMARTS) is 1. The van der Waals surface area contributed by atoms with Crippen molar-refractivity contribution >= 4 is 5.97 Å². The van der Waals surface area contributed by atoms with Gasteiger partial charge in [-0.25, -0.2) is 0 Å². The summed E-state index contributed by atoms with van der Waals surface area (Å²) in [5, 5.41) is 38.2. The smallest absolute Gasteiger partial charge is 0.303 e. The van der Waals surface area contributed by atoms with Crippen LogP contribution in [0.2, 0.25) is 0 Å². The highest BCUT2D eigenvalue weighted by Gasteiger charge is 2.40. The highest BCUT2D eigenvalue weighted by molar-refractivity contribution is 5.66. The van der Waals surface area contributed by atoms with Crippen LogP contribution in [0.4, 0.5) is 0 Å². The third-order valence-corrected chi connectivity index (χ3v) is 4.67. The van der Waals surface area contributed by atoms with Gasteiger partial charge in [-0.05, 0) is 43.9 Å². The van der Waals surface area contributed by atoms with E-state index in [1.165, 1.54) is 0 Å². The van der Waals surface area contributed by atoms with Crippen LogP contribution in [0.25, 0.3) is 0 Å². The molecule has 0 bridgehead atoms. The van der Waals surface area contributed by atoms with Crippen LogP contribution >= 0.6 is 0 Å². The number of carboxylic acids is 1. The summed E-state index contributed by atoms with van der Waals surface area (Å²) in [6.45, 7) is 0. The second kappa shape index (κ2) is 9.83. The minimum absolute atomic E-state index is 0.0166. The lowest BCUT2D eigenvalue weighted by Crippen LogP contribution is -2.23. The number of aliphatic hydroxyl groups excluding tert-OH is 3. The molecule has 1 aliphatic rings. The molecule has 0 spiro atoms. The summed E-state index contributed by atoms with van der Waals surface area (Å²) in [4.78, 5) is 10.4. The molecule has 5 atom stereocenters. The van der Waals surface area contributed by atoms with Crippen LogP contribution in [-0.4, -0.2) is 44.7 Å². The van der Waals surface area contributed by atoms with E-state index >= 15 is 0 Å². The largest absolute Gasteiger partial charge is 0.481 e. The topological polar surface area (TPSA) is 98.0 Å². The first-order valence-corrected chi connectivity index (χ1v) is 8.17. The molecule has 1 rings (SSSR count). The maximum atomic E-state index is 10.4. The Morgan fingerprint density at radius 3 is 2.27 bits per heavy atom. The zero-order chi connectivity index (χ0) is 16.5. The van der Waals surface area contributed by atoms with E-state index < -0.39 is 24.3 Å². The minimum Gasteiger partial charge on any atom is -0.481 e. The lowest BCUT2D eigenvalue weighted by atomic mass is 9.85. The third-order valence-electron chi connectivity index (χ3n) is 4.67. The van der Waals surface area contributed by atoms with Gasteiger partial charge in [0, 0.05) is 6.42 Å². The second-order valence-corrected chi connectivity index (χ2v) is 6.30. The summed E-state index contributed by atoms with van der Waals surface area (Å²) in [6, 6.07) is 0. The van der Waals surface area contributed by atoms with E-state index in [-0.39, 0.29) is 18.3 Å². The third kappa shape index (κ3) is 6.35. The summed E-state index contributed by atoms with van der Waals surface area (Å²) < 4.78 is 0. The molecule has 0 radical (unpaired) electrons. The molecule has 5 heteroatoms. The van der Waals surface area contributed by atoms with Crippen molar-refractivity contribution in [2.24, 2.45) is 11.8 Å². The Morgan fingerprint density at radius 2 is 1.68 bits per heavy atom. The number of aliphatic carboxylic acids is 1.